The smallest absolute Gasteiger partial charge is 0.326 e. The number of sulfone groups is 1. The molecule has 1 fully saturated rings. The Bertz CT molecular complexity index is 468. The van der Waals surface area contributed by atoms with E-state index in [-0.39, 0.29) is 23.3 Å². The molecule has 0 aromatic rings. The van der Waals surface area contributed by atoms with Gasteiger partial charge in [-0.3, -0.25) is 4.79 Å². The van der Waals surface area contributed by atoms with Crippen molar-refractivity contribution in [2.24, 2.45) is 5.92 Å². The lowest BCUT2D eigenvalue weighted by Gasteiger charge is -2.20. The molecule has 0 heterocycles. The van der Waals surface area contributed by atoms with E-state index in [1.165, 1.54) is 0 Å². The largest absolute Gasteiger partial charge is 0.480 e. The zero-order valence-corrected chi connectivity index (χ0v) is 13.5. The number of carboxylic acid groups (broad SMARTS) is 1. The number of nitrogens with one attached hydrogen (secondary N) is 1. The van der Waals surface area contributed by atoms with E-state index in [0.29, 0.717) is 19.3 Å². The highest BCUT2D eigenvalue weighted by atomic mass is 32.2. The molecule has 0 bridgehead atoms. The summed E-state index contributed by atoms with van der Waals surface area (Å²) in [5.74, 6) is -1.99. The molecule has 2 N–H and O–H groups in total. The summed E-state index contributed by atoms with van der Waals surface area (Å²) < 4.78 is 24.1. The average molecular weight is 319 g/mol. The molecule has 0 aromatic carbocycles. The Balaban J connectivity index is 2.51. The fourth-order valence-electron chi connectivity index (χ4n) is 2.58. The lowest BCUT2D eigenvalue weighted by Crippen LogP contribution is -2.45. The Morgan fingerprint density at radius 3 is 2.33 bits per heavy atom. The summed E-state index contributed by atoms with van der Waals surface area (Å²) in [6.45, 7) is 3.59. The zero-order chi connectivity index (χ0) is 16.0. The maximum atomic E-state index is 12.1. The number of carbonyl (C=O) groups excluding carboxylic acids is 1. The van der Waals surface area contributed by atoms with Gasteiger partial charge >= 0.3 is 5.97 Å². The van der Waals surface area contributed by atoms with Crippen LogP contribution in [-0.4, -0.2) is 42.4 Å². The van der Waals surface area contributed by atoms with E-state index in [0.717, 1.165) is 12.8 Å². The van der Waals surface area contributed by atoms with Gasteiger partial charge in [0.05, 0.1) is 11.0 Å². The van der Waals surface area contributed by atoms with Crippen LogP contribution in [0.3, 0.4) is 0 Å². The van der Waals surface area contributed by atoms with Crippen molar-refractivity contribution in [2.75, 3.05) is 5.75 Å². The van der Waals surface area contributed by atoms with E-state index in [9.17, 15) is 18.0 Å². The zero-order valence-electron chi connectivity index (χ0n) is 12.7. The van der Waals surface area contributed by atoms with Gasteiger partial charge < -0.3 is 10.4 Å². The predicted octanol–water partition coefficient (Wildman–Crippen LogP) is 1.35. The molecule has 0 unspecified atom stereocenters. The minimum absolute atomic E-state index is 0.168. The summed E-state index contributed by atoms with van der Waals surface area (Å²) in [7, 11) is -3.25. The average Bonchev–Trinajstić information content (AvgIpc) is 2.96. The molecule has 0 spiro atoms. The van der Waals surface area contributed by atoms with Gasteiger partial charge in [0, 0.05) is 6.42 Å². The maximum absolute atomic E-state index is 12.1. The van der Waals surface area contributed by atoms with Gasteiger partial charge in [0.2, 0.25) is 5.91 Å². The second kappa shape index (κ2) is 7.77. The Morgan fingerprint density at radius 2 is 1.86 bits per heavy atom. The lowest BCUT2D eigenvalue weighted by molar-refractivity contribution is -0.143. The van der Waals surface area contributed by atoms with Gasteiger partial charge in [-0.2, -0.15) is 0 Å². The summed E-state index contributed by atoms with van der Waals surface area (Å²) in [4.78, 5) is 22.9. The normalized spacial score (nSPS) is 19.1. The molecule has 1 saturated carbocycles. The van der Waals surface area contributed by atoms with Crippen molar-refractivity contribution in [3.05, 3.63) is 0 Å². The Labute approximate surface area is 126 Å². The molecule has 0 aromatic heterocycles. The molecule has 1 rings (SSSR count). The molecule has 21 heavy (non-hydrogen) atoms. The Hall–Kier alpha value is -1.11. The number of hydrogen-bond acceptors (Lipinski definition) is 4. The van der Waals surface area contributed by atoms with Crippen LogP contribution in [0.25, 0.3) is 0 Å². The van der Waals surface area contributed by atoms with Gasteiger partial charge in [-0.05, 0) is 18.8 Å². The molecule has 1 aliphatic rings. The predicted molar refractivity (Wildman–Crippen MR) is 79.7 cm³/mol. The third-order valence-corrected chi connectivity index (χ3v) is 6.48. The van der Waals surface area contributed by atoms with Crippen LogP contribution in [0, 0.1) is 5.92 Å². The van der Waals surface area contributed by atoms with Crippen molar-refractivity contribution in [2.45, 2.75) is 63.7 Å². The molecular formula is C14H25NO5S. The van der Waals surface area contributed by atoms with E-state index in [2.05, 4.69) is 5.32 Å². The second-order valence-electron chi connectivity index (χ2n) is 5.79. The van der Waals surface area contributed by atoms with Crippen molar-refractivity contribution in [1.29, 1.82) is 0 Å². The first kappa shape index (κ1) is 17.9. The van der Waals surface area contributed by atoms with Crippen molar-refractivity contribution in [3.63, 3.8) is 0 Å². The third-order valence-electron chi connectivity index (χ3n) is 4.22. The minimum atomic E-state index is -3.25. The fourth-order valence-corrected chi connectivity index (χ4v) is 4.43. The van der Waals surface area contributed by atoms with Crippen LogP contribution in [0.2, 0.25) is 0 Å². The van der Waals surface area contributed by atoms with E-state index in [1.807, 2.05) is 6.92 Å². The van der Waals surface area contributed by atoms with Crippen molar-refractivity contribution in [3.8, 4) is 0 Å². The highest BCUT2D eigenvalue weighted by Crippen LogP contribution is 2.25. The molecule has 6 nitrogen and oxygen atoms in total. The van der Waals surface area contributed by atoms with Gasteiger partial charge in [-0.25, -0.2) is 13.2 Å². The molecule has 0 aliphatic heterocycles. The second-order valence-corrected chi connectivity index (χ2v) is 8.19. The maximum Gasteiger partial charge on any atom is 0.326 e. The number of amides is 1. The highest BCUT2D eigenvalue weighted by molar-refractivity contribution is 7.92. The molecule has 1 aliphatic carbocycles. The summed E-state index contributed by atoms with van der Waals surface area (Å²) >= 11 is 0. The van der Waals surface area contributed by atoms with Gasteiger partial charge in [0.1, 0.15) is 6.04 Å². The van der Waals surface area contributed by atoms with E-state index in [4.69, 9.17) is 5.11 Å². The first-order valence-corrected chi connectivity index (χ1v) is 9.23. The topological polar surface area (TPSA) is 101 Å². The minimum Gasteiger partial charge on any atom is -0.480 e. The summed E-state index contributed by atoms with van der Waals surface area (Å²) in [5, 5.41) is 11.2. The van der Waals surface area contributed by atoms with Crippen LogP contribution in [0.15, 0.2) is 0 Å². The van der Waals surface area contributed by atoms with E-state index < -0.39 is 27.8 Å². The Morgan fingerprint density at radius 1 is 1.29 bits per heavy atom. The van der Waals surface area contributed by atoms with Gasteiger partial charge in [-0.15, -0.1) is 0 Å². The first-order valence-electron chi connectivity index (χ1n) is 7.51. The van der Waals surface area contributed by atoms with Crippen LogP contribution in [0.1, 0.15) is 52.4 Å². The quantitative estimate of drug-likeness (QED) is 0.703. The fraction of sp³-hybridized carbons (Fsp3) is 0.857. The molecule has 122 valence electrons. The summed E-state index contributed by atoms with van der Waals surface area (Å²) in [6, 6.07) is -0.961. The third kappa shape index (κ3) is 5.30. The van der Waals surface area contributed by atoms with Crippen molar-refractivity contribution < 1.29 is 23.1 Å². The number of hydrogen-bond donors (Lipinski definition) is 2. The van der Waals surface area contributed by atoms with E-state index in [1.54, 1.807) is 6.92 Å². The Kier molecular flexibility index (Phi) is 6.64. The standard InChI is InChI=1S/C14H25NO5S/c1-3-10(2)13(14(17)18)15-12(16)8-9-21(19,20)11-6-4-5-7-11/h10-11,13H,3-9H2,1-2H3,(H,15,16)(H,17,18)/t10-,13-/m0/s1. The van der Waals surface area contributed by atoms with E-state index >= 15 is 0 Å². The molecule has 0 radical (unpaired) electrons. The van der Waals surface area contributed by atoms with Crippen LogP contribution in [0.5, 0.6) is 0 Å². The molecule has 0 saturated heterocycles. The van der Waals surface area contributed by atoms with Gasteiger partial charge in [0.25, 0.3) is 0 Å². The summed E-state index contributed by atoms with van der Waals surface area (Å²) in [6.07, 6.45) is 3.65. The van der Waals surface area contributed by atoms with Gasteiger partial charge in [-0.1, -0.05) is 33.1 Å². The highest BCUT2D eigenvalue weighted by Gasteiger charge is 2.30. The van der Waals surface area contributed by atoms with Crippen LogP contribution in [0.4, 0.5) is 0 Å². The summed E-state index contributed by atoms with van der Waals surface area (Å²) in [5.41, 5.74) is 0. The van der Waals surface area contributed by atoms with Crippen LogP contribution < -0.4 is 5.32 Å². The SMILES string of the molecule is CC[C@H](C)[C@H](NC(=O)CCS(=O)(=O)C1CCCC1)C(=O)O. The molecule has 2 atom stereocenters. The number of carbonyl (C=O) groups is 2. The number of rotatable bonds is 8. The number of carboxylic acids is 1. The van der Waals surface area contributed by atoms with Gasteiger partial charge in [0.15, 0.2) is 9.84 Å². The molecular weight excluding hydrogens is 294 g/mol. The lowest BCUT2D eigenvalue weighted by atomic mass is 9.99. The van der Waals surface area contributed by atoms with Crippen LogP contribution >= 0.6 is 0 Å². The van der Waals surface area contributed by atoms with Crippen LogP contribution in [-0.2, 0) is 19.4 Å². The number of aliphatic carboxylic acids is 1. The first-order chi connectivity index (χ1) is 9.77. The van der Waals surface area contributed by atoms with Crippen molar-refractivity contribution in [1.82, 2.24) is 5.32 Å². The monoisotopic (exact) mass is 319 g/mol. The van der Waals surface area contributed by atoms with Crippen molar-refractivity contribution >= 4 is 21.7 Å². The molecule has 1 amide bonds. The molecule has 7 heteroatoms.